The molecule has 7 heteroatoms. The van der Waals surface area contributed by atoms with Gasteiger partial charge in [0.25, 0.3) is 5.91 Å². The van der Waals surface area contributed by atoms with Crippen molar-refractivity contribution in [1.82, 2.24) is 15.6 Å². The highest BCUT2D eigenvalue weighted by Gasteiger charge is 2.36. The Kier molecular flexibility index (Phi) is 3.04. The van der Waals surface area contributed by atoms with Crippen molar-refractivity contribution in [3.8, 4) is 0 Å². The van der Waals surface area contributed by atoms with Crippen LogP contribution in [0, 0.1) is 0 Å². The van der Waals surface area contributed by atoms with Crippen LogP contribution in [0.2, 0.25) is 0 Å². The van der Waals surface area contributed by atoms with Gasteiger partial charge >= 0.3 is 0 Å². The fourth-order valence-electron chi connectivity index (χ4n) is 1.70. The van der Waals surface area contributed by atoms with Crippen molar-refractivity contribution in [3.63, 3.8) is 0 Å². The van der Waals surface area contributed by atoms with Gasteiger partial charge in [-0.1, -0.05) is 6.42 Å². The number of nitrogens with one attached hydrogen (secondary N) is 1. The Morgan fingerprint density at radius 1 is 1.62 bits per heavy atom. The zero-order valence-electron chi connectivity index (χ0n) is 9.02. The molecule has 1 fully saturated rings. The number of rotatable bonds is 4. The lowest BCUT2D eigenvalue weighted by molar-refractivity contribution is 0.0934. The Labute approximate surface area is 97.3 Å². The third kappa shape index (κ3) is 1.99. The minimum atomic E-state index is -0.320. The molecule has 0 bridgehead atoms. The largest absolute Gasteiger partial charge is 0.379 e. The molecule has 0 spiro atoms. The van der Waals surface area contributed by atoms with Crippen LogP contribution in [0.5, 0.6) is 0 Å². The van der Waals surface area contributed by atoms with E-state index in [2.05, 4.69) is 26.5 Å². The maximum atomic E-state index is 11.7. The summed E-state index contributed by atoms with van der Waals surface area (Å²) in [6.45, 7) is 0.638. The van der Waals surface area contributed by atoms with E-state index in [9.17, 15) is 4.79 Å². The van der Waals surface area contributed by atoms with E-state index in [1.807, 2.05) is 0 Å². The Bertz CT molecular complexity index is 383. The molecule has 16 heavy (non-hydrogen) atoms. The van der Waals surface area contributed by atoms with Gasteiger partial charge in [-0.3, -0.25) is 4.79 Å². The molecule has 1 heterocycles. The number of hydrogen-bond donors (Lipinski definition) is 2. The van der Waals surface area contributed by atoms with E-state index in [0.29, 0.717) is 6.54 Å². The third-order valence-corrected chi connectivity index (χ3v) is 4.42. The number of nitrogens with two attached hydrogens (primary N) is 1. The predicted octanol–water partition coefficient (Wildman–Crippen LogP) is 0.667. The first-order chi connectivity index (χ1) is 7.67. The molecular formula is C9H14N4O2S. The molecule has 0 aromatic carbocycles. The van der Waals surface area contributed by atoms with Crippen molar-refractivity contribution in [2.45, 2.75) is 24.0 Å². The molecule has 1 aromatic rings. The van der Waals surface area contributed by atoms with Gasteiger partial charge in [-0.2, -0.15) is 11.8 Å². The maximum absolute atomic E-state index is 11.7. The molecule has 88 valence electrons. The van der Waals surface area contributed by atoms with Crippen LogP contribution in [-0.4, -0.2) is 33.8 Å². The van der Waals surface area contributed by atoms with Crippen molar-refractivity contribution in [2.24, 2.45) is 0 Å². The van der Waals surface area contributed by atoms with Crippen molar-refractivity contribution in [2.75, 3.05) is 18.5 Å². The summed E-state index contributed by atoms with van der Waals surface area (Å²) in [6.07, 6.45) is 5.57. The lowest BCUT2D eigenvalue weighted by Gasteiger charge is -2.40. The van der Waals surface area contributed by atoms with Gasteiger partial charge in [0.15, 0.2) is 0 Å². The molecule has 1 aliphatic rings. The number of amides is 1. The molecule has 0 saturated heterocycles. The number of carbonyl (C=O) groups excluding carboxylic acids is 1. The van der Waals surface area contributed by atoms with Gasteiger partial charge in [0.05, 0.1) is 0 Å². The molecule has 2 rings (SSSR count). The molecular weight excluding hydrogens is 228 g/mol. The zero-order valence-corrected chi connectivity index (χ0v) is 9.84. The average molecular weight is 242 g/mol. The Morgan fingerprint density at radius 2 is 2.38 bits per heavy atom. The Morgan fingerprint density at radius 3 is 2.81 bits per heavy atom. The normalized spacial score (nSPS) is 17.8. The number of carbonyl (C=O) groups is 1. The number of anilines is 1. The van der Waals surface area contributed by atoms with E-state index in [0.717, 1.165) is 12.8 Å². The quantitative estimate of drug-likeness (QED) is 0.805. The van der Waals surface area contributed by atoms with Gasteiger partial charge in [0.2, 0.25) is 11.5 Å². The highest BCUT2D eigenvalue weighted by Crippen LogP contribution is 2.42. The highest BCUT2D eigenvalue weighted by atomic mass is 32.2. The molecule has 0 unspecified atom stereocenters. The molecule has 0 atom stereocenters. The number of hydrogen-bond acceptors (Lipinski definition) is 6. The second kappa shape index (κ2) is 4.32. The summed E-state index contributed by atoms with van der Waals surface area (Å²) in [5, 5.41) is 9.64. The van der Waals surface area contributed by atoms with E-state index in [-0.39, 0.29) is 22.2 Å². The highest BCUT2D eigenvalue weighted by molar-refractivity contribution is 8.00. The monoisotopic (exact) mass is 242 g/mol. The van der Waals surface area contributed by atoms with Gasteiger partial charge in [-0.15, -0.1) is 0 Å². The molecule has 1 aliphatic carbocycles. The third-order valence-electron chi connectivity index (χ3n) is 3.00. The molecule has 1 amide bonds. The first-order valence-electron chi connectivity index (χ1n) is 5.08. The second-order valence-corrected chi connectivity index (χ2v) is 5.20. The van der Waals surface area contributed by atoms with E-state index in [4.69, 9.17) is 5.73 Å². The van der Waals surface area contributed by atoms with Gasteiger partial charge in [0.1, 0.15) is 0 Å². The number of thioether (sulfide) groups is 1. The Hall–Kier alpha value is -1.24. The molecule has 6 nitrogen and oxygen atoms in total. The summed E-state index contributed by atoms with van der Waals surface area (Å²) in [4.78, 5) is 11.7. The number of aromatic nitrogens is 2. The van der Waals surface area contributed by atoms with Crippen molar-refractivity contribution in [1.29, 1.82) is 0 Å². The summed E-state index contributed by atoms with van der Waals surface area (Å²) < 4.78 is 4.57. The van der Waals surface area contributed by atoms with Gasteiger partial charge in [-0.05, 0) is 29.4 Å². The van der Waals surface area contributed by atoms with E-state index in [1.165, 1.54) is 6.42 Å². The van der Waals surface area contributed by atoms with Crippen molar-refractivity contribution >= 4 is 23.5 Å². The first-order valence-corrected chi connectivity index (χ1v) is 6.31. The van der Waals surface area contributed by atoms with Crippen LogP contribution in [0.4, 0.5) is 5.82 Å². The smallest absolute Gasteiger partial charge is 0.277 e. The number of nitrogen functional groups attached to an aromatic ring is 1. The fraction of sp³-hybridized carbons (Fsp3) is 0.667. The molecule has 1 saturated carbocycles. The summed E-state index contributed by atoms with van der Waals surface area (Å²) >= 11 is 1.80. The van der Waals surface area contributed by atoms with Gasteiger partial charge in [0, 0.05) is 11.3 Å². The zero-order chi connectivity index (χ0) is 11.6. The molecule has 3 N–H and O–H groups in total. The van der Waals surface area contributed by atoms with Crippen LogP contribution in [0.25, 0.3) is 0 Å². The van der Waals surface area contributed by atoms with Crippen molar-refractivity contribution < 1.29 is 9.42 Å². The molecule has 0 aliphatic heterocycles. The minimum Gasteiger partial charge on any atom is -0.379 e. The summed E-state index contributed by atoms with van der Waals surface area (Å²) in [5.41, 5.74) is 5.49. The fourth-order valence-corrected chi connectivity index (χ4v) is 2.62. The summed E-state index contributed by atoms with van der Waals surface area (Å²) in [7, 11) is 0. The van der Waals surface area contributed by atoms with Crippen molar-refractivity contribution in [3.05, 3.63) is 5.69 Å². The first kappa shape index (κ1) is 11.3. The van der Waals surface area contributed by atoms with E-state index in [1.54, 1.807) is 11.8 Å². The predicted molar refractivity (Wildman–Crippen MR) is 61.1 cm³/mol. The lowest BCUT2D eigenvalue weighted by Crippen LogP contribution is -2.45. The Balaban J connectivity index is 1.91. The van der Waals surface area contributed by atoms with Gasteiger partial charge in [-0.25, -0.2) is 4.63 Å². The molecule has 0 radical (unpaired) electrons. The van der Waals surface area contributed by atoms with Crippen LogP contribution < -0.4 is 11.1 Å². The lowest BCUT2D eigenvalue weighted by atomic mass is 9.84. The van der Waals surface area contributed by atoms with Crippen LogP contribution in [-0.2, 0) is 0 Å². The molecule has 1 aromatic heterocycles. The maximum Gasteiger partial charge on any atom is 0.277 e. The van der Waals surface area contributed by atoms with Crippen LogP contribution >= 0.6 is 11.8 Å². The SMILES string of the molecule is CSC1(CNC(=O)c2nonc2N)CCC1. The van der Waals surface area contributed by atoms with Gasteiger partial charge < -0.3 is 11.1 Å². The van der Waals surface area contributed by atoms with Crippen LogP contribution in [0.15, 0.2) is 4.63 Å². The number of nitrogens with zero attached hydrogens (tertiary/aromatic N) is 2. The summed E-state index contributed by atoms with van der Waals surface area (Å²) in [5.74, 6) is -0.289. The average Bonchev–Trinajstić information content (AvgIpc) is 2.63. The topological polar surface area (TPSA) is 94.0 Å². The summed E-state index contributed by atoms with van der Waals surface area (Å²) in [6, 6.07) is 0. The standard InChI is InChI=1S/C9H14N4O2S/c1-16-9(3-2-4-9)5-11-8(14)6-7(10)13-15-12-6/h2-5H2,1H3,(H2,10,13)(H,11,14). The minimum absolute atomic E-state index is 0.0318. The van der Waals surface area contributed by atoms with Crippen LogP contribution in [0.1, 0.15) is 29.8 Å². The van der Waals surface area contributed by atoms with Crippen LogP contribution in [0.3, 0.4) is 0 Å². The second-order valence-electron chi connectivity index (χ2n) is 3.92. The van der Waals surface area contributed by atoms with E-state index >= 15 is 0 Å². The van der Waals surface area contributed by atoms with E-state index < -0.39 is 0 Å².